The minimum Gasteiger partial charge on any atom is -0.493 e. The number of carbonyl (C=O) groups excluding carboxylic acids is 1. The third-order valence-electron chi connectivity index (χ3n) is 3.26. The normalized spacial score (nSPS) is 10.7. The molecule has 4 nitrogen and oxygen atoms in total. The standard InChI is InChI=1S/C19H18Cl2O4/c1-3-24-17-8-5-13(11-18(17)23-2)6-9-19(22)25-12-14-4-7-15(20)16(21)10-14/h4-11H,3,12H2,1-2H3/b9-6+. The van der Waals surface area contributed by atoms with Crippen LogP contribution in [0.2, 0.25) is 10.0 Å². The number of hydrogen-bond donors (Lipinski definition) is 0. The Morgan fingerprint density at radius 1 is 1.08 bits per heavy atom. The molecule has 2 aromatic rings. The van der Waals surface area contributed by atoms with Gasteiger partial charge in [0.2, 0.25) is 0 Å². The number of rotatable bonds is 7. The van der Waals surface area contributed by atoms with Crippen LogP contribution < -0.4 is 9.47 Å². The Balaban J connectivity index is 1.96. The van der Waals surface area contributed by atoms with E-state index in [1.807, 2.05) is 13.0 Å². The minimum absolute atomic E-state index is 0.118. The molecule has 0 saturated heterocycles. The van der Waals surface area contributed by atoms with Crippen molar-refractivity contribution in [2.24, 2.45) is 0 Å². The van der Waals surface area contributed by atoms with Gasteiger partial charge in [-0.05, 0) is 48.4 Å². The van der Waals surface area contributed by atoms with Gasteiger partial charge in [-0.3, -0.25) is 0 Å². The molecule has 0 unspecified atom stereocenters. The molecule has 0 spiro atoms. The van der Waals surface area contributed by atoms with Crippen LogP contribution >= 0.6 is 23.2 Å². The first kappa shape index (κ1) is 19.2. The lowest BCUT2D eigenvalue weighted by atomic mass is 10.2. The van der Waals surface area contributed by atoms with E-state index in [0.717, 1.165) is 11.1 Å². The molecule has 25 heavy (non-hydrogen) atoms. The van der Waals surface area contributed by atoms with E-state index in [-0.39, 0.29) is 6.61 Å². The maximum absolute atomic E-state index is 11.8. The number of esters is 1. The third kappa shape index (κ3) is 5.69. The Morgan fingerprint density at radius 2 is 1.88 bits per heavy atom. The van der Waals surface area contributed by atoms with Crippen molar-refractivity contribution in [3.63, 3.8) is 0 Å². The molecule has 132 valence electrons. The highest BCUT2D eigenvalue weighted by Gasteiger charge is 2.05. The van der Waals surface area contributed by atoms with Crippen LogP contribution in [0.4, 0.5) is 0 Å². The molecule has 0 saturated carbocycles. The molecule has 0 atom stereocenters. The quantitative estimate of drug-likeness (QED) is 0.491. The van der Waals surface area contributed by atoms with Gasteiger partial charge in [0.1, 0.15) is 6.61 Å². The first-order valence-electron chi connectivity index (χ1n) is 7.63. The van der Waals surface area contributed by atoms with Gasteiger partial charge < -0.3 is 14.2 Å². The molecule has 0 fully saturated rings. The van der Waals surface area contributed by atoms with Gasteiger partial charge in [0.05, 0.1) is 23.8 Å². The molecular formula is C19H18Cl2O4. The van der Waals surface area contributed by atoms with Crippen molar-refractivity contribution in [1.29, 1.82) is 0 Å². The molecule has 6 heteroatoms. The van der Waals surface area contributed by atoms with Crippen LogP contribution in [-0.4, -0.2) is 19.7 Å². The Morgan fingerprint density at radius 3 is 2.56 bits per heavy atom. The molecule has 0 N–H and O–H groups in total. The zero-order valence-corrected chi connectivity index (χ0v) is 15.4. The van der Waals surface area contributed by atoms with Crippen LogP contribution in [-0.2, 0) is 16.1 Å². The monoisotopic (exact) mass is 380 g/mol. The van der Waals surface area contributed by atoms with Crippen LogP contribution in [0.3, 0.4) is 0 Å². The van der Waals surface area contributed by atoms with Gasteiger partial charge in [-0.2, -0.15) is 0 Å². The SMILES string of the molecule is CCOc1ccc(/C=C/C(=O)OCc2ccc(Cl)c(Cl)c2)cc1OC. The Labute approximate surface area is 156 Å². The fourth-order valence-corrected chi connectivity index (χ4v) is 2.38. The summed E-state index contributed by atoms with van der Waals surface area (Å²) >= 11 is 11.8. The third-order valence-corrected chi connectivity index (χ3v) is 4.00. The smallest absolute Gasteiger partial charge is 0.331 e. The summed E-state index contributed by atoms with van der Waals surface area (Å²) in [5.41, 5.74) is 1.56. The first-order valence-corrected chi connectivity index (χ1v) is 8.38. The van der Waals surface area contributed by atoms with Crippen molar-refractivity contribution in [3.05, 3.63) is 63.6 Å². The molecule has 0 bridgehead atoms. The van der Waals surface area contributed by atoms with Crippen molar-refractivity contribution in [2.75, 3.05) is 13.7 Å². The first-order chi connectivity index (χ1) is 12.0. The number of ether oxygens (including phenoxy) is 3. The highest BCUT2D eigenvalue weighted by molar-refractivity contribution is 6.42. The molecule has 0 radical (unpaired) electrons. The number of benzene rings is 2. The largest absolute Gasteiger partial charge is 0.493 e. The summed E-state index contributed by atoms with van der Waals surface area (Å²) in [5, 5.41) is 0.883. The summed E-state index contributed by atoms with van der Waals surface area (Å²) in [6.07, 6.45) is 3.00. The summed E-state index contributed by atoms with van der Waals surface area (Å²) in [6.45, 7) is 2.57. The van der Waals surface area contributed by atoms with Crippen LogP contribution in [0, 0.1) is 0 Å². The van der Waals surface area contributed by atoms with Crippen LogP contribution in [0.25, 0.3) is 6.08 Å². The van der Waals surface area contributed by atoms with E-state index < -0.39 is 5.97 Å². The predicted octanol–water partition coefficient (Wildman–Crippen LogP) is 5.16. The number of methoxy groups -OCH3 is 1. The molecule has 2 aromatic carbocycles. The van der Waals surface area contributed by atoms with E-state index in [2.05, 4.69) is 0 Å². The van der Waals surface area contributed by atoms with Crippen LogP contribution in [0.15, 0.2) is 42.5 Å². The summed E-state index contributed by atoms with van der Waals surface area (Å²) in [4.78, 5) is 11.8. The lowest BCUT2D eigenvalue weighted by molar-refractivity contribution is -0.138. The molecule has 0 aliphatic heterocycles. The predicted molar refractivity (Wildman–Crippen MR) is 99.5 cm³/mol. The summed E-state index contributed by atoms with van der Waals surface area (Å²) in [5.74, 6) is 0.802. The van der Waals surface area contributed by atoms with Gasteiger partial charge >= 0.3 is 5.97 Å². The Bertz CT molecular complexity index is 772. The van der Waals surface area contributed by atoms with E-state index in [1.54, 1.807) is 43.5 Å². The minimum atomic E-state index is -0.459. The number of hydrogen-bond acceptors (Lipinski definition) is 4. The molecule has 0 amide bonds. The van der Waals surface area contributed by atoms with Crippen molar-refractivity contribution in [1.82, 2.24) is 0 Å². The van der Waals surface area contributed by atoms with E-state index >= 15 is 0 Å². The maximum Gasteiger partial charge on any atom is 0.331 e. The molecular weight excluding hydrogens is 363 g/mol. The molecule has 0 heterocycles. The van der Waals surface area contributed by atoms with Crippen molar-refractivity contribution < 1.29 is 19.0 Å². The lowest BCUT2D eigenvalue weighted by Crippen LogP contribution is -2.00. The van der Waals surface area contributed by atoms with Crippen molar-refractivity contribution in [2.45, 2.75) is 13.5 Å². The number of halogens is 2. The Hall–Kier alpha value is -2.17. The molecule has 0 aliphatic carbocycles. The Kier molecular flexibility index (Phi) is 7.16. The zero-order chi connectivity index (χ0) is 18.2. The van der Waals surface area contributed by atoms with Crippen LogP contribution in [0.5, 0.6) is 11.5 Å². The van der Waals surface area contributed by atoms with E-state index in [4.69, 9.17) is 37.4 Å². The van der Waals surface area contributed by atoms with E-state index in [1.165, 1.54) is 6.08 Å². The van der Waals surface area contributed by atoms with Gasteiger partial charge in [0.15, 0.2) is 11.5 Å². The maximum atomic E-state index is 11.8. The summed E-state index contributed by atoms with van der Waals surface area (Å²) in [6, 6.07) is 10.5. The van der Waals surface area contributed by atoms with Gasteiger partial charge in [-0.25, -0.2) is 4.79 Å². The van der Waals surface area contributed by atoms with Crippen LogP contribution in [0.1, 0.15) is 18.1 Å². The average molecular weight is 381 g/mol. The fraction of sp³-hybridized carbons (Fsp3) is 0.211. The highest BCUT2D eigenvalue weighted by Crippen LogP contribution is 2.28. The summed E-state index contributed by atoms with van der Waals surface area (Å²) in [7, 11) is 1.57. The molecule has 0 aromatic heterocycles. The average Bonchev–Trinajstić information content (AvgIpc) is 2.62. The molecule has 2 rings (SSSR count). The van der Waals surface area contributed by atoms with Crippen molar-refractivity contribution in [3.8, 4) is 11.5 Å². The summed E-state index contributed by atoms with van der Waals surface area (Å²) < 4.78 is 15.9. The second-order valence-electron chi connectivity index (χ2n) is 5.03. The van der Waals surface area contributed by atoms with Gasteiger partial charge in [0.25, 0.3) is 0 Å². The molecule has 0 aliphatic rings. The van der Waals surface area contributed by atoms with E-state index in [9.17, 15) is 4.79 Å². The van der Waals surface area contributed by atoms with Gasteiger partial charge in [-0.15, -0.1) is 0 Å². The highest BCUT2D eigenvalue weighted by atomic mass is 35.5. The fourth-order valence-electron chi connectivity index (χ4n) is 2.06. The van der Waals surface area contributed by atoms with Gasteiger partial charge in [0, 0.05) is 6.08 Å². The van der Waals surface area contributed by atoms with Gasteiger partial charge in [-0.1, -0.05) is 35.3 Å². The number of carbonyl (C=O) groups is 1. The van der Waals surface area contributed by atoms with E-state index in [0.29, 0.717) is 28.2 Å². The topological polar surface area (TPSA) is 44.8 Å². The second kappa shape index (κ2) is 9.35. The van der Waals surface area contributed by atoms with Crippen molar-refractivity contribution >= 4 is 35.2 Å². The zero-order valence-electron chi connectivity index (χ0n) is 13.9. The lowest BCUT2D eigenvalue weighted by Gasteiger charge is -2.09. The second-order valence-corrected chi connectivity index (χ2v) is 5.85.